The van der Waals surface area contributed by atoms with Crippen molar-refractivity contribution in [2.24, 2.45) is 5.92 Å². The van der Waals surface area contributed by atoms with Gasteiger partial charge < -0.3 is 24.5 Å². The number of hydrogen-bond acceptors (Lipinski definition) is 5. The van der Waals surface area contributed by atoms with Gasteiger partial charge in [-0.05, 0) is 24.1 Å². The number of pyridine rings is 1. The second-order valence-corrected chi connectivity index (χ2v) is 8.64. The van der Waals surface area contributed by atoms with Crippen molar-refractivity contribution in [2.45, 2.75) is 32.0 Å². The van der Waals surface area contributed by atoms with Crippen LogP contribution in [0.25, 0.3) is 6.08 Å². The summed E-state index contributed by atoms with van der Waals surface area (Å²) >= 11 is 0. The molecule has 170 valence electrons. The molecule has 1 aromatic heterocycles. The monoisotopic (exact) mass is 468 g/mol. The van der Waals surface area contributed by atoms with Crippen LogP contribution in [0.4, 0.5) is 0 Å². The van der Waals surface area contributed by atoms with Crippen molar-refractivity contribution in [1.82, 2.24) is 9.80 Å². The van der Waals surface area contributed by atoms with Gasteiger partial charge in [0.05, 0.1) is 23.8 Å². The van der Waals surface area contributed by atoms with Gasteiger partial charge in [-0.25, -0.2) is 4.57 Å². The van der Waals surface area contributed by atoms with Crippen molar-refractivity contribution in [3.8, 4) is 0 Å². The summed E-state index contributed by atoms with van der Waals surface area (Å²) in [5.74, 6) is -0.799. The third kappa shape index (κ3) is 5.02. The van der Waals surface area contributed by atoms with Crippen molar-refractivity contribution in [1.29, 1.82) is 0 Å². The molecule has 2 saturated heterocycles. The number of allylic oxidation sites excluding steroid dienone is 2. The summed E-state index contributed by atoms with van der Waals surface area (Å²) in [6, 6.07) is 14.5. The van der Waals surface area contributed by atoms with Gasteiger partial charge in [0.25, 0.3) is 0 Å². The van der Waals surface area contributed by atoms with E-state index in [2.05, 4.69) is 22.9 Å². The minimum absolute atomic E-state index is 0. The van der Waals surface area contributed by atoms with Crippen LogP contribution in [0.15, 0.2) is 72.2 Å². The standard InChI is InChI=1S/C25H25N3O3.CH2O.Na/c1-17(29)27-15-21-12-20(24(25(30)31)28-16-22(27)23(21)28)10-9-19-8-5-11-26(14-19)13-18-6-3-2-4-7-18;1-2;/h2-11,14,21-23H,12-13,15-16H2,1H3;1H2;/q;;+1/b10-9+;;/t21?,22?,23-;;/m1../s1. The Kier molecular flexibility index (Phi) is 8.47. The summed E-state index contributed by atoms with van der Waals surface area (Å²) in [7, 11) is 0. The summed E-state index contributed by atoms with van der Waals surface area (Å²) in [6.07, 6.45) is 8.61. The topological polar surface area (TPSA) is 84.6 Å². The van der Waals surface area contributed by atoms with Crippen molar-refractivity contribution in [3.63, 3.8) is 0 Å². The number of aliphatic carboxylic acids is 1. The Balaban J connectivity index is 0.00000105. The van der Waals surface area contributed by atoms with E-state index in [1.54, 1.807) is 6.92 Å². The van der Waals surface area contributed by atoms with E-state index in [-0.39, 0.29) is 59.2 Å². The van der Waals surface area contributed by atoms with Gasteiger partial charge in [-0.15, -0.1) is 0 Å². The SMILES string of the molecule is C=O.CC(=O)N1CC2CC(/C=C/c3ccc[n+](Cc4ccccc4)c3)=C(C(=O)[O-])N3CC1[C@@H]23.[Na+]. The fraction of sp³-hybridized carbons (Fsp3) is 0.308. The van der Waals surface area contributed by atoms with E-state index in [1.165, 1.54) is 5.56 Å². The van der Waals surface area contributed by atoms with Gasteiger partial charge in [0.1, 0.15) is 6.79 Å². The Labute approximate surface area is 221 Å². The number of aromatic nitrogens is 1. The zero-order chi connectivity index (χ0) is 23.5. The van der Waals surface area contributed by atoms with Gasteiger partial charge >= 0.3 is 29.6 Å². The van der Waals surface area contributed by atoms with Gasteiger partial charge in [-0.1, -0.05) is 36.4 Å². The molecule has 3 atom stereocenters. The van der Waals surface area contributed by atoms with Gasteiger partial charge in [-0.2, -0.15) is 0 Å². The van der Waals surface area contributed by atoms with Crippen LogP contribution in [0, 0.1) is 5.92 Å². The first kappa shape index (κ1) is 25.9. The average molecular weight is 469 g/mol. The average Bonchev–Trinajstić information content (AvgIpc) is 3.13. The normalized spacial score (nSPS) is 22.3. The summed E-state index contributed by atoms with van der Waals surface area (Å²) in [5.41, 5.74) is 3.29. The van der Waals surface area contributed by atoms with Crippen LogP contribution in [0.1, 0.15) is 24.5 Å². The molecule has 0 N–H and O–H groups in total. The quantitative estimate of drug-likeness (QED) is 0.367. The molecule has 2 unspecified atom stereocenters. The molecule has 8 heteroatoms. The fourth-order valence-electron chi connectivity index (χ4n) is 5.33. The van der Waals surface area contributed by atoms with Gasteiger partial charge in [0, 0.05) is 43.1 Å². The molecule has 0 spiro atoms. The zero-order valence-electron chi connectivity index (χ0n) is 19.6. The third-order valence-electron chi connectivity index (χ3n) is 6.69. The number of carboxylic acids is 1. The van der Waals surface area contributed by atoms with Crippen molar-refractivity contribution in [3.05, 3.63) is 83.3 Å². The summed E-state index contributed by atoms with van der Waals surface area (Å²) in [4.78, 5) is 35.7. The Morgan fingerprint density at radius 2 is 1.85 bits per heavy atom. The molecule has 0 radical (unpaired) electrons. The maximum absolute atomic E-state index is 11.9. The fourth-order valence-corrected chi connectivity index (χ4v) is 5.33. The first-order valence-corrected chi connectivity index (χ1v) is 11.0. The molecule has 0 saturated carbocycles. The van der Waals surface area contributed by atoms with E-state index in [0.29, 0.717) is 19.5 Å². The van der Waals surface area contributed by atoms with Crippen molar-refractivity contribution in [2.75, 3.05) is 13.1 Å². The summed E-state index contributed by atoms with van der Waals surface area (Å²) in [6.45, 7) is 5.63. The first-order valence-electron chi connectivity index (χ1n) is 11.0. The largest absolute Gasteiger partial charge is 1.00 e. The van der Waals surface area contributed by atoms with Crippen LogP contribution in [0.2, 0.25) is 0 Å². The molecular weight excluding hydrogens is 441 g/mol. The number of likely N-dealkylation sites (tertiary alicyclic amines) is 1. The van der Waals surface area contributed by atoms with Crippen LogP contribution >= 0.6 is 0 Å². The maximum atomic E-state index is 11.9. The molecule has 5 rings (SSSR count). The van der Waals surface area contributed by atoms with Crippen molar-refractivity contribution >= 4 is 24.7 Å². The number of carboxylic acid groups (broad SMARTS) is 1. The predicted octanol–water partition coefficient (Wildman–Crippen LogP) is -2.21. The Bertz CT molecular complexity index is 1120. The smallest absolute Gasteiger partial charge is 0.543 e. The minimum Gasteiger partial charge on any atom is -0.543 e. The second kappa shape index (κ2) is 11.1. The molecule has 0 aliphatic carbocycles. The van der Waals surface area contributed by atoms with E-state index >= 15 is 0 Å². The van der Waals surface area contributed by atoms with Crippen LogP contribution in [0.3, 0.4) is 0 Å². The van der Waals surface area contributed by atoms with Gasteiger partial charge in [0.15, 0.2) is 18.9 Å². The summed E-state index contributed by atoms with van der Waals surface area (Å²) in [5, 5.41) is 11.9. The van der Waals surface area contributed by atoms with Gasteiger partial charge in [-0.3, -0.25) is 4.79 Å². The Morgan fingerprint density at radius 1 is 1.12 bits per heavy atom. The van der Waals surface area contributed by atoms with E-state index in [0.717, 1.165) is 17.7 Å². The molecular formula is C26H27N3NaO4+. The molecule has 4 heterocycles. The molecule has 1 amide bonds. The summed E-state index contributed by atoms with van der Waals surface area (Å²) < 4.78 is 2.11. The molecule has 1 aromatic carbocycles. The molecule has 3 aliphatic rings. The number of hydrogen-bond donors (Lipinski definition) is 0. The second-order valence-electron chi connectivity index (χ2n) is 8.64. The molecule has 34 heavy (non-hydrogen) atoms. The number of carbonyl (C=O) groups is 3. The molecule has 7 nitrogen and oxygen atoms in total. The maximum Gasteiger partial charge on any atom is 1.00 e. The number of amides is 1. The Morgan fingerprint density at radius 3 is 2.53 bits per heavy atom. The molecule has 0 bridgehead atoms. The molecule has 2 aromatic rings. The van der Waals surface area contributed by atoms with Crippen molar-refractivity contribution < 1.29 is 53.6 Å². The van der Waals surface area contributed by atoms with Crippen LogP contribution in [-0.4, -0.2) is 53.6 Å². The predicted molar refractivity (Wildman–Crippen MR) is 120 cm³/mol. The van der Waals surface area contributed by atoms with E-state index < -0.39 is 5.97 Å². The first-order chi connectivity index (χ1) is 16.0. The number of rotatable bonds is 5. The minimum atomic E-state index is -1.13. The number of benzene rings is 1. The van der Waals surface area contributed by atoms with Crippen LogP contribution in [0.5, 0.6) is 0 Å². The van der Waals surface area contributed by atoms with E-state index in [1.807, 2.05) is 65.3 Å². The van der Waals surface area contributed by atoms with E-state index in [4.69, 9.17) is 4.79 Å². The van der Waals surface area contributed by atoms with Crippen LogP contribution in [-0.2, 0) is 20.9 Å². The Hall–Kier alpha value is -2.74. The molecule has 3 aliphatic heterocycles. The van der Waals surface area contributed by atoms with E-state index in [9.17, 15) is 14.7 Å². The zero-order valence-corrected chi connectivity index (χ0v) is 21.6. The number of nitrogens with zero attached hydrogens (tertiary/aromatic N) is 3. The number of carbonyl (C=O) groups excluding carboxylic acids is 3. The third-order valence-corrected chi connectivity index (χ3v) is 6.69. The van der Waals surface area contributed by atoms with Gasteiger partial charge in [0.2, 0.25) is 5.91 Å². The molecule has 2 fully saturated rings. The van der Waals surface area contributed by atoms with Crippen LogP contribution < -0.4 is 39.2 Å².